The van der Waals surface area contributed by atoms with Crippen LogP contribution in [0.5, 0.6) is 0 Å². The maximum atomic E-state index is 13.4. The van der Waals surface area contributed by atoms with E-state index < -0.39 is 0 Å². The van der Waals surface area contributed by atoms with Crippen LogP contribution in [0.15, 0.2) is 18.2 Å². The Morgan fingerprint density at radius 1 is 1.40 bits per heavy atom. The van der Waals surface area contributed by atoms with Gasteiger partial charge in [0, 0.05) is 6.04 Å². The molecule has 0 bridgehead atoms. The van der Waals surface area contributed by atoms with Crippen LogP contribution >= 0.6 is 0 Å². The number of hydrogen-bond donors (Lipinski definition) is 2. The summed E-state index contributed by atoms with van der Waals surface area (Å²) in [7, 11) is 0. The summed E-state index contributed by atoms with van der Waals surface area (Å²) in [4.78, 5) is 0. The number of hydrogen-bond acceptors (Lipinski definition) is 2. The highest BCUT2D eigenvalue weighted by molar-refractivity contribution is 5.27. The summed E-state index contributed by atoms with van der Waals surface area (Å²) in [6, 6.07) is 5.29. The van der Waals surface area contributed by atoms with Crippen LogP contribution in [0.4, 0.5) is 4.39 Å². The predicted molar refractivity (Wildman–Crippen MR) is 81.7 cm³/mol. The summed E-state index contributed by atoms with van der Waals surface area (Å²) >= 11 is 0. The number of rotatable bonds is 5. The van der Waals surface area contributed by atoms with Gasteiger partial charge in [0.15, 0.2) is 0 Å². The van der Waals surface area contributed by atoms with E-state index in [0.717, 1.165) is 23.5 Å². The normalized spacial score (nSPS) is 24.6. The molecule has 2 rings (SSSR count). The van der Waals surface area contributed by atoms with Crippen molar-refractivity contribution in [3.8, 4) is 0 Å². The van der Waals surface area contributed by atoms with E-state index in [1.165, 1.54) is 38.2 Å². The Bertz CT molecular complexity index is 433. The first kappa shape index (κ1) is 15.5. The van der Waals surface area contributed by atoms with Gasteiger partial charge in [-0.1, -0.05) is 32.3 Å². The fraction of sp³-hybridized carbons (Fsp3) is 0.647. The third kappa shape index (κ3) is 3.80. The maximum absolute atomic E-state index is 13.4. The zero-order valence-corrected chi connectivity index (χ0v) is 12.7. The van der Waals surface area contributed by atoms with Gasteiger partial charge in [-0.05, 0) is 61.3 Å². The minimum Gasteiger partial charge on any atom is -0.271 e. The Kier molecular flexibility index (Phi) is 5.55. The molecule has 3 N–H and O–H groups in total. The van der Waals surface area contributed by atoms with Crippen molar-refractivity contribution < 1.29 is 4.39 Å². The van der Waals surface area contributed by atoms with Gasteiger partial charge in [0.1, 0.15) is 5.82 Å². The van der Waals surface area contributed by atoms with Crippen molar-refractivity contribution >= 4 is 0 Å². The van der Waals surface area contributed by atoms with E-state index in [2.05, 4.69) is 12.3 Å². The van der Waals surface area contributed by atoms with E-state index in [9.17, 15) is 4.39 Å². The van der Waals surface area contributed by atoms with Crippen LogP contribution in [0.1, 0.15) is 50.2 Å². The number of nitrogens with one attached hydrogen (secondary N) is 1. The second-order valence-electron chi connectivity index (χ2n) is 6.25. The van der Waals surface area contributed by atoms with Gasteiger partial charge in [-0.2, -0.15) is 0 Å². The second-order valence-corrected chi connectivity index (χ2v) is 6.25. The van der Waals surface area contributed by atoms with Crippen molar-refractivity contribution in [1.82, 2.24) is 5.43 Å². The molecule has 0 aliphatic heterocycles. The van der Waals surface area contributed by atoms with Crippen LogP contribution in [0.3, 0.4) is 0 Å². The molecule has 0 radical (unpaired) electrons. The Morgan fingerprint density at radius 2 is 2.20 bits per heavy atom. The standard InChI is InChI=1S/C17H27FN2/c1-3-13-5-4-6-14(9-13)17(20-19)11-15-10-16(18)8-7-12(15)2/h7-8,10,13-14,17,20H,3-6,9,11,19H2,1-2H3. The molecule has 1 aliphatic rings. The van der Waals surface area contributed by atoms with Crippen molar-refractivity contribution in [1.29, 1.82) is 0 Å². The van der Waals surface area contributed by atoms with Crippen molar-refractivity contribution in [2.75, 3.05) is 0 Å². The molecule has 3 heteroatoms. The molecule has 0 spiro atoms. The molecule has 0 saturated heterocycles. The lowest BCUT2D eigenvalue weighted by Gasteiger charge is -2.34. The second kappa shape index (κ2) is 7.19. The monoisotopic (exact) mass is 278 g/mol. The number of benzene rings is 1. The topological polar surface area (TPSA) is 38.0 Å². The third-order valence-corrected chi connectivity index (χ3v) is 4.93. The Labute approximate surface area is 121 Å². The van der Waals surface area contributed by atoms with Crippen LogP contribution in [0, 0.1) is 24.6 Å². The summed E-state index contributed by atoms with van der Waals surface area (Å²) < 4.78 is 13.4. The minimum atomic E-state index is -0.156. The zero-order chi connectivity index (χ0) is 14.5. The smallest absolute Gasteiger partial charge is 0.123 e. The highest BCUT2D eigenvalue weighted by Gasteiger charge is 2.27. The van der Waals surface area contributed by atoms with Gasteiger partial charge in [0.2, 0.25) is 0 Å². The van der Waals surface area contributed by atoms with Gasteiger partial charge in [-0.25, -0.2) is 4.39 Å². The van der Waals surface area contributed by atoms with Crippen molar-refractivity contribution in [2.45, 2.75) is 58.4 Å². The number of aryl methyl sites for hydroxylation is 1. The lowest BCUT2D eigenvalue weighted by atomic mass is 9.75. The van der Waals surface area contributed by atoms with Crippen LogP contribution in [-0.2, 0) is 6.42 Å². The molecule has 1 aromatic carbocycles. The molecule has 1 fully saturated rings. The van der Waals surface area contributed by atoms with Crippen molar-refractivity contribution in [3.63, 3.8) is 0 Å². The Balaban J connectivity index is 2.06. The quantitative estimate of drug-likeness (QED) is 0.636. The molecule has 20 heavy (non-hydrogen) atoms. The van der Waals surface area contributed by atoms with E-state index in [1.807, 2.05) is 13.0 Å². The number of halogens is 1. The molecule has 0 heterocycles. The van der Waals surface area contributed by atoms with Gasteiger partial charge >= 0.3 is 0 Å². The fourth-order valence-electron chi connectivity index (χ4n) is 3.53. The average molecular weight is 278 g/mol. The number of nitrogens with two attached hydrogens (primary N) is 1. The van der Waals surface area contributed by atoms with Gasteiger partial charge in [0.25, 0.3) is 0 Å². The first-order chi connectivity index (χ1) is 9.63. The molecule has 1 aliphatic carbocycles. The molecule has 1 saturated carbocycles. The van der Waals surface area contributed by atoms with Crippen molar-refractivity contribution in [3.05, 3.63) is 35.1 Å². The predicted octanol–water partition coefficient (Wildman–Crippen LogP) is 3.72. The highest BCUT2D eigenvalue weighted by Crippen LogP contribution is 2.33. The van der Waals surface area contributed by atoms with Crippen LogP contribution in [-0.4, -0.2) is 6.04 Å². The molecule has 3 atom stereocenters. The van der Waals surface area contributed by atoms with Gasteiger partial charge < -0.3 is 0 Å². The Morgan fingerprint density at radius 3 is 2.90 bits per heavy atom. The fourth-order valence-corrected chi connectivity index (χ4v) is 3.53. The SMILES string of the molecule is CCC1CCCC(C(Cc2cc(F)ccc2C)NN)C1. The molecule has 0 aromatic heterocycles. The third-order valence-electron chi connectivity index (χ3n) is 4.93. The molecule has 2 nitrogen and oxygen atoms in total. The molecule has 0 amide bonds. The van der Waals surface area contributed by atoms with Gasteiger partial charge in [-0.15, -0.1) is 0 Å². The lowest BCUT2D eigenvalue weighted by molar-refractivity contribution is 0.208. The molecular weight excluding hydrogens is 251 g/mol. The lowest BCUT2D eigenvalue weighted by Crippen LogP contribution is -2.44. The highest BCUT2D eigenvalue weighted by atomic mass is 19.1. The summed E-state index contributed by atoms with van der Waals surface area (Å²) in [6.07, 6.45) is 7.21. The van der Waals surface area contributed by atoms with E-state index in [4.69, 9.17) is 5.84 Å². The van der Waals surface area contributed by atoms with Gasteiger partial charge in [-0.3, -0.25) is 11.3 Å². The zero-order valence-electron chi connectivity index (χ0n) is 12.7. The van der Waals surface area contributed by atoms with E-state index in [0.29, 0.717) is 5.92 Å². The van der Waals surface area contributed by atoms with E-state index >= 15 is 0 Å². The summed E-state index contributed by atoms with van der Waals surface area (Å²) in [6.45, 7) is 4.31. The molecule has 1 aromatic rings. The average Bonchev–Trinajstić information content (AvgIpc) is 2.48. The largest absolute Gasteiger partial charge is 0.271 e. The first-order valence-electron chi connectivity index (χ1n) is 7.85. The summed E-state index contributed by atoms with van der Waals surface area (Å²) in [5, 5.41) is 0. The molecule has 3 unspecified atom stereocenters. The van der Waals surface area contributed by atoms with E-state index in [-0.39, 0.29) is 11.9 Å². The van der Waals surface area contributed by atoms with Crippen molar-refractivity contribution in [2.24, 2.45) is 17.7 Å². The minimum absolute atomic E-state index is 0.156. The van der Waals surface area contributed by atoms with Gasteiger partial charge in [0.05, 0.1) is 0 Å². The number of hydrazine groups is 1. The Hall–Kier alpha value is -0.930. The first-order valence-corrected chi connectivity index (χ1v) is 7.85. The van der Waals surface area contributed by atoms with Crippen LogP contribution in [0.25, 0.3) is 0 Å². The summed E-state index contributed by atoms with van der Waals surface area (Å²) in [5.74, 6) is 7.07. The summed E-state index contributed by atoms with van der Waals surface area (Å²) in [5.41, 5.74) is 5.21. The van der Waals surface area contributed by atoms with Crippen LogP contribution < -0.4 is 11.3 Å². The molecular formula is C17H27FN2. The maximum Gasteiger partial charge on any atom is 0.123 e. The van der Waals surface area contributed by atoms with Crippen LogP contribution in [0.2, 0.25) is 0 Å². The molecule has 112 valence electrons. The van der Waals surface area contributed by atoms with E-state index in [1.54, 1.807) is 6.07 Å².